The molecule has 1 aromatic heterocycles. The Morgan fingerprint density at radius 1 is 1.33 bits per heavy atom. The van der Waals surface area contributed by atoms with E-state index in [1.54, 1.807) is 24.4 Å². The maximum atomic E-state index is 12.5. The maximum absolute atomic E-state index is 12.5. The Morgan fingerprint density at radius 2 is 2.10 bits per heavy atom. The van der Waals surface area contributed by atoms with Crippen LogP contribution < -0.4 is 10.0 Å². The summed E-state index contributed by atoms with van der Waals surface area (Å²) in [7, 11) is -1.85. The molecule has 0 aliphatic rings. The van der Waals surface area contributed by atoms with E-state index in [0.717, 1.165) is 11.1 Å². The first-order valence-electron chi connectivity index (χ1n) is 6.30. The monoisotopic (exact) mass is 369 g/mol. The molecule has 0 amide bonds. The minimum atomic E-state index is -3.67. The second-order valence-corrected chi connectivity index (χ2v) is 7.05. The van der Waals surface area contributed by atoms with Gasteiger partial charge in [0.05, 0.1) is 11.9 Å². The van der Waals surface area contributed by atoms with Gasteiger partial charge in [-0.15, -0.1) is 0 Å². The van der Waals surface area contributed by atoms with Gasteiger partial charge in [-0.2, -0.15) is 0 Å². The van der Waals surface area contributed by atoms with Crippen molar-refractivity contribution in [2.75, 3.05) is 11.8 Å². The zero-order chi connectivity index (χ0) is 15.5. The normalized spacial score (nSPS) is 11.4. The van der Waals surface area contributed by atoms with Crippen LogP contribution in [0, 0.1) is 6.92 Å². The molecule has 2 rings (SSSR count). The SMILES string of the molecule is CNCc1cc(C)c(Br)c(S(=O)(=O)Nc2cccnc2)c1. The molecule has 5 nitrogen and oxygen atoms in total. The van der Waals surface area contributed by atoms with Crippen LogP contribution in [0.4, 0.5) is 5.69 Å². The van der Waals surface area contributed by atoms with Crippen molar-refractivity contribution in [3.63, 3.8) is 0 Å². The second-order valence-electron chi connectivity index (χ2n) is 4.60. The summed E-state index contributed by atoms with van der Waals surface area (Å²) < 4.78 is 28.2. The van der Waals surface area contributed by atoms with E-state index < -0.39 is 10.0 Å². The fraction of sp³-hybridized carbons (Fsp3) is 0.214. The molecule has 1 aromatic carbocycles. The van der Waals surface area contributed by atoms with Crippen LogP contribution in [0.2, 0.25) is 0 Å². The van der Waals surface area contributed by atoms with Gasteiger partial charge in [-0.3, -0.25) is 9.71 Å². The zero-order valence-corrected chi connectivity index (χ0v) is 14.1. The lowest BCUT2D eigenvalue weighted by Crippen LogP contribution is -2.15. The van der Waals surface area contributed by atoms with E-state index in [9.17, 15) is 8.42 Å². The smallest absolute Gasteiger partial charge is 0.263 e. The van der Waals surface area contributed by atoms with Crippen LogP contribution in [0.15, 0.2) is 46.0 Å². The Bertz CT molecular complexity index is 733. The number of halogens is 1. The number of pyridine rings is 1. The van der Waals surface area contributed by atoms with Gasteiger partial charge in [0.25, 0.3) is 10.0 Å². The standard InChI is InChI=1S/C14H16BrN3O2S/c1-10-6-11(8-16-2)7-13(14(10)15)21(19,20)18-12-4-3-5-17-9-12/h3-7,9,16,18H,8H2,1-2H3. The van der Waals surface area contributed by atoms with Crippen molar-refractivity contribution >= 4 is 31.6 Å². The lowest BCUT2D eigenvalue weighted by atomic mass is 10.1. The number of benzene rings is 1. The fourth-order valence-electron chi connectivity index (χ4n) is 1.94. The first-order chi connectivity index (χ1) is 9.94. The third-order valence-corrected chi connectivity index (χ3v) is 5.59. The average Bonchev–Trinajstić information content (AvgIpc) is 2.43. The lowest BCUT2D eigenvalue weighted by molar-refractivity contribution is 0.600. The molecule has 2 N–H and O–H groups in total. The van der Waals surface area contributed by atoms with Crippen molar-refractivity contribution in [1.29, 1.82) is 0 Å². The van der Waals surface area contributed by atoms with E-state index in [2.05, 4.69) is 31.0 Å². The fourth-order valence-corrected chi connectivity index (χ4v) is 4.06. The van der Waals surface area contributed by atoms with Crippen molar-refractivity contribution in [3.8, 4) is 0 Å². The lowest BCUT2D eigenvalue weighted by Gasteiger charge is -2.13. The number of anilines is 1. The highest BCUT2D eigenvalue weighted by Crippen LogP contribution is 2.28. The summed E-state index contributed by atoms with van der Waals surface area (Å²) in [6, 6.07) is 6.94. The largest absolute Gasteiger partial charge is 0.316 e. The summed E-state index contributed by atoms with van der Waals surface area (Å²) in [5.41, 5.74) is 2.21. The van der Waals surface area contributed by atoms with Crippen LogP contribution in [0.1, 0.15) is 11.1 Å². The number of rotatable bonds is 5. The molecule has 0 bridgehead atoms. The summed E-state index contributed by atoms with van der Waals surface area (Å²) >= 11 is 3.36. The number of nitrogens with one attached hydrogen (secondary N) is 2. The predicted molar refractivity (Wildman–Crippen MR) is 86.7 cm³/mol. The highest BCUT2D eigenvalue weighted by molar-refractivity contribution is 9.10. The van der Waals surface area contributed by atoms with Crippen molar-refractivity contribution in [1.82, 2.24) is 10.3 Å². The Hall–Kier alpha value is -1.44. The highest BCUT2D eigenvalue weighted by Gasteiger charge is 2.20. The minimum absolute atomic E-state index is 0.219. The van der Waals surface area contributed by atoms with E-state index >= 15 is 0 Å². The van der Waals surface area contributed by atoms with Crippen molar-refractivity contribution in [3.05, 3.63) is 52.3 Å². The van der Waals surface area contributed by atoms with Gasteiger partial charge in [0, 0.05) is 17.2 Å². The summed E-state index contributed by atoms with van der Waals surface area (Å²) in [4.78, 5) is 4.12. The third kappa shape index (κ3) is 3.81. The third-order valence-electron chi connectivity index (χ3n) is 2.87. The first kappa shape index (κ1) is 15.9. The van der Waals surface area contributed by atoms with Crippen LogP contribution in [0.25, 0.3) is 0 Å². The molecule has 0 fully saturated rings. The Balaban J connectivity index is 2.44. The van der Waals surface area contributed by atoms with E-state index in [1.807, 2.05) is 20.0 Å². The topological polar surface area (TPSA) is 71.1 Å². The van der Waals surface area contributed by atoms with Gasteiger partial charge in [0.15, 0.2) is 0 Å². The molecule has 7 heteroatoms. The van der Waals surface area contributed by atoms with Gasteiger partial charge in [-0.1, -0.05) is 6.07 Å². The molecule has 112 valence electrons. The van der Waals surface area contributed by atoms with E-state index in [-0.39, 0.29) is 4.90 Å². The number of hydrogen-bond donors (Lipinski definition) is 2. The molecule has 0 aliphatic carbocycles. The molecule has 0 radical (unpaired) electrons. The Morgan fingerprint density at radius 3 is 2.71 bits per heavy atom. The number of sulfonamides is 1. The molecule has 1 heterocycles. The molecular weight excluding hydrogens is 354 g/mol. The molecule has 0 unspecified atom stereocenters. The number of hydrogen-bond acceptors (Lipinski definition) is 4. The number of nitrogens with zero attached hydrogens (tertiary/aromatic N) is 1. The number of aryl methyl sites for hydroxylation is 1. The van der Waals surface area contributed by atoms with Crippen molar-refractivity contribution in [2.45, 2.75) is 18.4 Å². The van der Waals surface area contributed by atoms with Crippen LogP contribution in [0.5, 0.6) is 0 Å². The zero-order valence-electron chi connectivity index (χ0n) is 11.7. The van der Waals surface area contributed by atoms with E-state index in [1.165, 1.54) is 6.20 Å². The van der Waals surface area contributed by atoms with E-state index in [4.69, 9.17) is 0 Å². The molecule has 2 aromatic rings. The van der Waals surface area contributed by atoms with Gasteiger partial charge >= 0.3 is 0 Å². The van der Waals surface area contributed by atoms with Gasteiger partial charge in [-0.25, -0.2) is 8.42 Å². The highest BCUT2D eigenvalue weighted by atomic mass is 79.9. The predicted octanol–water partition coefficient (Wildman–Crippen LogP) is 2.67. The molecule has 0 atom stereocenters. The summed E-state index contributed by atoms with van der Waals surface area (Å²) in [5.74, 6) is 0. The molecule has 21 heavy (non-hydrogen) atoms. The molecule has 0 saturated heterocycles. The molecular formula is C14H16BrN3O2S. The maximum Gasteiger partial charge on any atom is 0.263 e. The van der Waals surface area contributed by atoms with Gasteiger partial charge in [-0.05, 0) is 59.2 Å². The average molecular weight is 370 g/mol. The molecule has 0 aliphatic heterocycles. The summed E-state index contributed by atoms with van der Waals surface area (Å²) in [6.07, 6.45) is 3.06. The first-order valence-corrected chi connectivity index (χ1v) is 8.58. The quantitative estimate of drug-likeness (QED) is 0.849. The molecule has 0 spiro atoms. The Labute approximate surface area is 133 Å². The summed E-state index contributed by atoms with van der Waals surface area (Å²) in [6.45, 7) is 2.47. The van der Waals surface area contributed by atoms with Gasteiger partial charge in [0.2, 0.25) is 0 Å². The van der Waals surface area contributed by atoms with Crippen molar-refractivity contribution < 1.29 is 8.42 Å². The second kappa shape index (κ2) is 6.55. The Kier molecular flexibility index (Phi) is 4.97. The van der Waals surface area contributed by atoms with Crippen molar-refractivity contribution in [2.24, 2.45) is 0 Å². The minimum Gasteiger partial charge on any atom is -0.316 e. The van der Waals surface area contributed by atoms with Crippen LogP contribution in [0.3, 0.4) is 0 Å². The van der Waals surface area contributed by atoms with Crippen LogP contribution >= 0.6 is 15.9 Å². The van der Waals surface area contributed by atoms with Gasteiger partial charge < -0.3 is 5.32 Å². The van der Waals surface area contributed by atoms with Crippen LogP contribution in [-0.2, 0) is 16.6 Å². The van der Waals surface area contributed by atoms with Gasteiger partial charge in [0.1, 0.15) is 4.90 Å². The molecule has 0 saturated carbocycles. The summed E-state index contributed by atoms with van der Waals surface area (Å²) in [5, 5.41) is 3.02. The van der Waals surface area contributed by atoms with E-state index in [0.29, 0.717) is 16.7 Å². The van der Waals surface area contributed by atoms with Crippen LogP contribution in [-0.4, -0.2) is 20.4 Å². The number of aromatic nitrogens is 1.